The van der Waals surface area contributed by atoms with Crippen LogP contribution < -0.4 is 10.2 Å². The van der Waals surface area contributed by atoms with E-state index in [0.717, 1.165) is 62.1 Å². The molecule has 31 heavy (non-hydrogen) atoms. The maximum absolute atomic E-state index is 12.9. The molecule has 0 atom stereocenters. The molecule has 2 aliphatic carbocycles. The van der Waals surface area contributed by atoms with Crippen LogP contribution in [0, 0.1) is 5.92 Å². The number of hydrogen-bond donors (Lipinski definition) is 0. The van der Waals surface area contributed by atoms with Crippen LogP contribution in [0.3, 0.4) is 0 Å². The normalized spacial score (nSPS) is 18.1. The van der Waals surface area contributed by atoms with Gasteiger partial charge in [-0.15, -0.1) is 0 Å². The molecule has 164 valence electrons. The lowest BCUT2D eigenvalue weighted by atomic mass is 9.69. The number of carbonyl (C=O) groups is 1. The van der Waals surface area contributed by atoms with Gasteiger partial charge >= 0.3 is 5.97 Å². The molecule has 0 saturated heterocycles. The van der Waals surface area contributed by atoms with Crippen LogP contribution in [0.5, 0.6) is 5.75 Å². The summed E-state index contributed by atoms with van der Waals surface area (Å²) in [6.45, 7) is 5.00. The number of pyridine rings is 1. The maximum Gasteiger partial charge on any atom is 0.343 e. The third-order valence-corrected chi connectivity index (χ3v) is 7.11. The second-order valence-corrected chi connectivity index (χ2v) is 9.40. The van der Waals surface area contributed by atoms with Gasteiger partial charge < -0.3 is 14.0 Å². The van der Waals surface area contributed by atoms with Crippen molar-refractivity contribution in [3.05, 3.63) is 51.3 Å². The van der Waals surface area contributed by atoms with Gasteiger partial charge in [-0.1, -0.05) is 13.3 Å². The Morgan fingerprint density at radius 1 is 1.19 bits per heavy atom. The Labute approximate surface area is 183 Å². The van der Waals surface area contributed by atoms with Crippen LogP contribution in [0.2, 0.25) is 0 Å². The van der Waals surface area contributed by atoms with Crippen LogP contribution in [-0.4, -0.2) is 23.8 Å². The number of aryl methyl sites for hydroxylation is 1. The first-order valence-electron chi connectivity index (χ1n) is 11.8. The fourth-order valence-corrected chi connectivity index (χ4v) is 5.08. The van der Waals surface area contributed by atoms with Gasteiger partial charge in [-0.2, -0.15) is 0 Å². The van der Waals surface area contributed by atoms with Crippen molar-refractivity contribution in [1.29, 1.82) is 0 Å². The minimum Gasteiger partial charge on any atom is -0.493 e. The Balaban J connectivity index is 1.62. The van der Waals surface area contributed by atoms with Crippen molar-refractivity contribution >= 4 is 5.97 Å². The van der Waals surface area contributed by atoms with Crippen molar-refractivity contribution in [2.75, 3.05) is 13.2 Å². The fourth-order valence-electron chi connectivity index (χ4n) is 5.08. The van der Waals surface area contributed by atoms with Crippen LogP contribution in [-0.2, 0) is 23.1 Å². The first-order chi connectivity index (χ1) is 15.0. The van der Waals surface area contributed by atoms with E-state index in [1.807, 2.05) is 0 Å². The van der Waals surface area contributed by atoms with Gasteiger partial charge in [0, 0.05) is 23.4 Å². The van der Waals surface area contributed by atoms with Gasteiger partial charge in [-0.25, -0.2) is 4.79 Å². The van der Waals surface area contributed by atoms with Gasteiger partial charge in [0.25, 0.3) is 0 Å². The standard InChI is InChI=1S/C26H31NO4/c1-3-6-18-11-20-19(12-24(18)31-16-17-7-8-17)14-26(9-5-10-26)27-15-21(25(29)30-4-2)23(28)13-22(20)27/h11-13,15,17H,3-10,14,16H2,1-2H3. The summed E-state index contributed by atoms with van der Waals surface area (Å²) in [5, 5.41) is 0. The van der Waals surface area contributed by atoms with E-state index < -0.39 is 5.97 Å². The minimum atomic E-state index is -0.529. The molecule has 3 aliphatic rings. The molecule has 0 unspecified atom stereocenters. The van der Waals surface area contributed by atoms with Crippen molar-refractivity contribution in [2.45, 2.75) is 70.8 Å². The van der Waals surface area contributed by atoms with E-state index in [4.69, 9.17) is 9.47 Å². The van der Waals surface area contributed by atoms with Crippen LogP contribution in [0.1, 0.15) is 73.9 Å². The van der Waals surface area contributed by atoms with Crippen molar-refractivity contribution in [3.8, 4) is 17.0 Å². The van der Waals surface area contributed by atoms with Crippen LogP contribution in [0.25, 0.3) is 11.3 Å². The van der Waals surface area contributed by atoms with E-state index in [-0.39, 0.29) is 23.1 Å². The van der Waals surface area contributed by atoms with E-state index in [9.17, 15) is 9.59 Å². The highest BCUT2D eigenvalue weighted by Crippen LogP contribution is 2.50. The average Bonchev–Trinajstić information content (AvgIpc) is 3.55. The Morgan fingerprint density at radius 2 is 2.00 bits per heavy atom. The molecular formula is C26H31NO4. The molecule has 5 heteroatoms. The maximum atomic E-state index is 12.9. The summed E-state index contributed by atoms with van der Waals surface area (Å²) in [6, 6.07) is 6.10. The molecule has 5 rings (SSSR count). The van der Waals surface area contributed by atoms with Crippen LogP contribution in [0.15, 0.2) is 29.2 Å². The molecule has 2 aromatic rings. The number of carbonyl (C=O) groups excluding carboxylic acids is 1. The lowest BCUT2D eigenvalue weighted by Gasteiger charge is -2.49. The molecule has 2 saturated carbocycles. The Kier molecular flexibility index (Phi) is 5.15. The highest BCUT2D eigenvalue weighted by molar-refractivity contribution is 5.89. The molecule has 1 spiro atoms. The Hall–Kier alpha value is -2.56. The molecule has 0 N–H and O–H groups in total. The molecule has 5 nitrogen and oxygen atoms in total. The van der Waals surface area contributed by atoms with Crippen molar-refractivity contribution in [1.82, 2.24) is 4.57 Å². The topological polar surface area (TPSA) is 57.5 Å². The summed E-state index contributed by atoms with van der Waals surface area (Å²) in [5.41, 5.74) is 4.31. The van der Waals surface area contributed by atoms with Crippen molar-refractivity contribution in [3.63, 3.8) is 0 Å². The summed E-state index contributed by atoms with van der Waals surface area (Å²) in [4.78, 5) is 25.2. The van der Waals surface area contributed by atoms with Gasteiger partial charge in [0.05, 0.1) is 18.9 Å². The summed E-state index contributed by atoms with van der Waals surface area (Å²) < 4.78 is 13.6. The van der Waals surface area contributed by atoms with Crippen LogP contribution in [0.4, 0.5) is 0 Å². The van der Waals surface area contributed by atoms with Crippen molar-refractivity contribution in [2.24, 2.45) is 5.92 Å². The van der Waals surface area contributed by atoms with Crippen molar-refractivity contribution < 1.29 is 14.3 Å². The molecule has 1 aromatic heterocycles. The molecule has 1 aromatic carbocycles. The number of benzene rings is 1. The third kappa shape index (κ3) is 3.58. The summed E-state index contributed by atoms with van der Waals surface area (Å²) in [5.74, 6) is 1.20. The molecule has 2 fully saturated rings. The molecule has 0 radical (unpaired) electrons. The molecule has 0 amide bonds. The first kappa shape index (κ1) is 20.3. The highest BCUT2D eigenvalue weighted by Gasteiger charge is 2.43. The number of rotatable bonds is 7. The number of hydrogen-bond acceptors (Lipinski definition) is 4. The number of fused-ring (bicyclic) bond motifs is 4. The number of ether oxygens (including phenoxy) is 2. The van der Waals surface area contributed by atoms with E-state index in [0.29, 0.717) is 5.92 Å². The smallest absolute Gasteiger partial charge is 0.343 e. The van der Waals surface area contributed by atoms with Gasteiger partial charge in [0.1, 0.15) is 11.3 Å². The Bertz CT molecular complexity index is 1080. The third-order valence-electron chi connectivity index (χ3n) is 7.11. The zero-order valence-electron chi connectivity index (χ0n) is 18.5. The molecular weight excluding hydrogens is 390 g/mol. The van der Waals surface area contributed by atoms with E-state index in [1.165, 1.54) is 24.0 Å². The number of esters is 1. The number of nitrogens with zero attached hydrogens (tertiary/aromatic N) is 1. The minimum absolute atomic E-state index is 0.0582. The molecule has 2 heterocycles. The highest BCUT2D eigenvalue weighted by atomic mass is 16.5. The zero-order valence-corrected chi connectivity index (χ0v) is 18.5. The lowest BCUT2D eigenvalue weighted by Crippen LogP contribution is -2.46. The fraction of sp³-hybridized carbons (Fsp3) is 0.538. The average molecular weight is 422 g/mol. The summed E-state index contributed by atoms with van der Waals surface area (Å²) in [7, 11) is 0. The number of aromatic nitrogens is 1. The second kappa shape index (κ2) is 7.85. The van der Waals surface area contributed by atoms with Gasteiger partial charge in [0.2, 0.25) is 0 Å². The predicted octanol–water partition coefficient (Wildman–Crippen LogP) is 4.87. The van der Waals surface area contributed by atoms with Gasteiger partial charge in [0.15, 0.2) is 5.43 Å². The first-order valence-corrected chi connectivity index (χ1v) is 11.8. The van der Waals surface area contributed by atoms with E-state index in [1.54, 1.807) is 19.2 Å². The van der Waals surface area contributed by atoms with Gasteiger partial charge in [-0.05, 0) is 81.0 Å². The summed E-state index contributed by atoms with van der Waals surface area (Å²) >= 11 is 0. The summed E-state index contributed by atoms with van der Waals surface area (Å²) in [6.07, 6.45) is 10.5. The second-order valence-electron chi connectivity index (χ2n) is 9.40. The largest absolute Gasteiger partial charge is 0.493 e. The molecule has 0 bridgehead atoms. The SMILES string of the molecule is CCCc1cc2c(cc1OCC1CC1)CC1(CCC1)n1cc(C(=O)OCC)c(=O)cc1-2. The monoisotopic (exact) mass is 421 g/mol. The van der Waals surface area contributed by atoms with Crippen LogP contribution >= 0.6 is 0 Å². The lowest BCUT2D eigenvalue weighted by molar-refractivity contribution is 0.0521. The molecule has 1 aliphatic heterocycles. The predicted molar refractivity (Wildman–Crippen MR) is 120 cm³/mol. The Morgan fingerprint density at radius 3 is 2.65 bits per heavy atom. The quantitative estimate of drug-likeness (QED) is 0.599. The zero-order chi connectivity index (χ0) is 21.6. The van der Waals surface area contributed by atoms with E-state index in [2.05, 4.69) is 23.6 Å². The van der Waals surface area contributed by atoms with E-state index >= 15 is 0 Å². The van der Waals surface area contributed by atoms with Gasteiger partial charge in [-0.3, -0.25) is 4.79 Å².